The minimum absolute atomic E-state index is 0.302. The van der Waals surface area contributed by atoms with E-state index >= 15 is 0 Å². The van der Waals surface area contributed by atoms with Crippen molar-refractivity contribution in [3.63, 3.8) is 0 Å². The highest BCUT2D eigenvalue weighted by molar-refractivity contribution is 5.11. The number of nitrogens with zero attached hydrogens (tertiary/aromatic N) is 3. The lowest BCUT2D eigenvalue weighted by atomic mass is 9.93. The number of imidazole rings is 1. The van der Waals surface area contributed by atoms with Crippen LogP contribution < -0.4 is 0 Å². The summed E-state index contributed by atoms with van der Waals surface area (Å²) < 4.78 is 2.27. The molecule has 0 saturated carbocycles. The van der Waals surface area contributed by atoms with Gasteiger partial charge in [-0.2, -0.15) is 0 Å². The minimum atomic E-state index is -0.302. The van der Waals surface area contributed by atoms with E-state index in [4.69, 9.17) is 0 Å². The first-order valence-corrected chi connectivity index (χ1v) is 8.11. The zero-order valence-corrected chi connectivity index (χ0v) is 12.8. The van der Waals surface area contributed by atoms with E-state index in [2.05, 4.69) is 28.3 Å². The van der Waals surface area contributed by atoms with Gasteiger partial charge in [-0.25, -0.2) is 4.98 Å². The summed E-state index contributed by atoms with van der Waals surface area (Å²) in [7, 11) is 0. The van der Waals surface area contributed by atoms with E-state index in [9.17, 15) is 5.11 Å². The monoisotopic (exact) mass is 277 g/mol. The van der Waals surface area contributed by atoms with Crippen molar-refractivity contribution in [2.24, 2.45) is 5.92 Å². The maximum absolute atomic E-state index is 10.0. The summed E-state index contributed by atoms with van der Waals surface area (Å²) in [4.78, 5) is 7.18. The van der Waals surface area contributed by atoms with Crippen LogP contribution in [0.25, 0.3) is 0 Å². The van der Waals surface area contributed by atoms with Crippen molar-refractivity contribution in [1.82, 2.24) is 14.5 Å². The topological polar surface area (TPSA) is 41.3 Å². The van der Waals surface area contributed by atoms with E-state index in [0.717, 1.165) is 37.4 Å². The van der Waals surface area contributed by atoms with Gasteiger partial charge in [-0.1, -0.05) is 0 Å². The average molecular weight is 277 g/mol. The van der Waals surface area contributed by atoms with Gasteiger partial charge in [-0.3, -0.25) is 0 Å². The van der Waals surface area contributed by atoms with Crippen LogP contribution in [0.2, 0.25) is 0 Å². The Morgan fingerprint density at radius 3 is 2.90 bits per heavy atom. The number of aliphatic hydroxyl groups is 1. The molecule has 0 aliphatic carbocycles. The van der Waals surface area contributed by atoms with E-state index in [0.29, 0.717) is 6.04 Å². The second kappa shape index (κ2) is 5.86. The second-order valence-electron chi connectivity index (χ2n) is 6.71. The highest BCUT2D eigenvalue weighted by Gasteiger charge is 2.26. The largest absolute Gasteiger partial charge is 0.387 e. The molecule has 0 amide bonds. The number of hydrogen-bond acceptors (Lipinski definition) is 3. The summed E-state index contributed by atoms with van der Waals surface area (Å²) in [6, 6.07) is 0.647. The fourth-order valence-corrected chi connectivity index (χ4v) is 3.70. The number of fused-ring (bicyclic) bond motifs is 1. The molecule has 2 aliphatic heterocycles. The van der Waals surface area contributed by atoms with Crippen LogP contribution in [0.3, 0.4) is 0 Å². The van der Waals surface area contributed by atoms with Gasteiger partial charge >= 0.3 is 0 Å². The maximum Gasteiger partial charge on any atom is 0.109 e. The molecule has 112 valence electrons. The molecule has 2 unspecified atom stereocenters. The summed E-state index contributed by atoms with van der Waals surface area (Å²) in [5.74, 6) is 1.91. The summed E-state index contributed by atoms with van der Waals surface area (Å²) in [5.41, 5.74) is 1.03. The number of hydrogen-bond donors (Lipinski definition) is 1. The average Bonchev–Trinajstić information content (AvgIpc) is 2.84. The lowest BCUT2D eigenvalue weighted by Gasteiger charge is -2.35. The zero-order chi connectivity index (χ0) is 14.1. The van der Waals surface area contributed by atoms with Gasteiger partial charge in [0.1, 0.15) is 5.82 Å². The van der Waals surface area contributed by atoms with Gasteiger partial charge in [-0.15, -0.1) is 0 Å². The first kappa shape index (κ1) is 14.1. The SMILES string of the molecule is CC(C)N1CCCC(Cc2ncc3n2CCCC3O)C1. The summed E-state index contributed by atoms with van der Waals surface area (Å²) in [5, 5.41) is 10.0. The Kier molecular flexibility index (Phi) is 4.13. The van der Waals surface area contributed by atoms with Gasteiger partial charge in [0.2, 0.25) is 0 Å². The van der Waals surface area contributed by atoms with Crippen molar-refractivity contribution in [2.45, 2.75) is 64.6 Å². The zero-order valence-electron chi connectivity index (χ0n) is 12.8. The molecule has 1 saturated heterocycles. The predicted octanol–water partition coefficient (Wildman–Crippen LogP) is 2.37. The molecule has 1 aromatic heterocycles. The fraction of sp³-hybridized carbons (Fsp3) is 0.812. The van der Waals surface area contributed by atoms with Gasteiger partial charge in [0, 0.05) is 25.6 Å². The number of aromatic nitrogens is 2. The van der Waals surface area contributed by atoms with E-state index in [1.54, 1.807) is 0 Å². The molecule has 1 fully saturated rings. The lowest BCUT2D eigenvalue weighted by Crippen LogP contribution is -2.40. The Bertz CT molecular complexity index is 455. The van der Waals surface area contributed by atoms with E-state index in [1.807, 2.05) is 6.20 Å². The minimum Gasteiger partial charge on any atom is -0.387 e. The molecule has 4 nitrogen and oxygen atoms in total. The van der Waals surface area contributed by atoms with Crippen LogP contribution in [0, 0.1) is 5.92 Å². The molecule has 20 heavy (non-hydrogen) atoms. The Morgan fingerprint density at radius 1 is 1.30 bits per heavy atom. The molecule has 1 aromatic rings. The summed E-state index contributed by atoms with van der Waals surface area (Å²) in [6.45, 7) is 8.05. The molecule has 3 heterocycles. The highest BCUT2D eigenvalue weighted by atomic mass is 16.3. The van der Waals surface area contributed by atoms with E-state index in [1.165, 1.54) is 31.8 Å². The van der Waals surface area contributed by atoms with Crippen LogP contribution in [-0.2, 0) is 13.0 Å². The molecule has 2 aliphatic rings. The number of aliphatic hydroxyl groups excluding tert-OH is 1. The van der Waals surface area contributed by atoms with E-state index < -0.39 is 0 Å². The molecular weight excluding hydrogens is 250 g/mol. The molecule has 0 aromatic carbocycles. The number of piperidine rings is 1. The molecule has 4 heteroatoms. The van der Waals surface area contributed by atoms with Crippen molar-refractivity contribution in [2.75, 3.05) is 13.1 Å². The fourth-order valence-electron chi connectivity index (χ4n) is 3.70. The van der Waals surface area contributed by atoms with Crippen molar-refractivity contribution in [3.8, 4) is 0 Å². The third-order valence-electron chi connectivity index (χ3n) is 4.92. The van der Waals surface area contributed by atoms with Crippen LogP contribution in [0.15, 0.2) is 6.20 Å². The van der Waals surface area contributed by atoms with Gasteiger partial charge in [0.25, 0.3) is 0 Å². The smallest absolute Gasteiger partial charge is 0.109 e. The molecule has 3 rings (SSSR count). The standard InChI is InChI=1S/C16H27N3O/c1-12(2)18-7-3-5-13(11-18)9-16-17-10-14-15(20)6-4-8-19(14)16/h10,12-13,15,20H,3-9,11H2,1-2H3. The van der Waals surface area contributed by atoms with Crippen LogP contribution in [0.1, 0.15) is 57.2 Å². The molecule has 0 radical (unpaired) electrons. The maximum atomic E-state index is 10.0. The molecule has 2 atom stereocenters. The van der Waals surface area contributed by atoms with Gasteiger partial charge in [0.05, 0.1) is 18.0 Å². The number of likely N-dealkylation sites (tertiary alicyclic amines) is 1. The second-order valence-corrected chi connectivity index (χ2v) is 6.71. The molecule has 0 bridgehead atoms. The Balaban J connectivity index is 1.69. The van der Waals surface area contributed by atoms with Crippen molar-refractivity contribution in [3.05, 3.63) is 17.7 Å². The van der Waals surface area contributed by atoms with Gasteiger partial charge in [0.15, 0.2) is 0 Å². The predicted molar refractivity (Wildman–Crippen MR) is 79.6 cm³/mol. The van der Waals surface area contributed by atoms with E-state index in [-0.39, 0.29) is 6.10 Å². The molecular formula is C16H27N3O. The first-order valence-electron chi connectivity index (χ1n) is 8.11. The van der Waals surface area contributed by atoms with Crippen LogP contribution in [-0.4, -0.2) is 38.7 Å². The van der Waals surface area contributed by atoms with Gasteiger partial charge in [-0.05, 0) is 52.0 Å². The third kappa shape index (κ3) is 2.77. The Labute approximate surface area is 121 Å². The first-order chi connectivity index (χ1) is 9.65. The molecule has 0 spiro atoms. The lowest BCUT2D eigenvalue weighted by molar-refractivity contribution is 0.131. The number of rotatable bonds is 3. The van der Waals surface area contributed by atoms with Crippen molar-refractivity contribution in [1.29, 1.82) is 0 Å². The quantitative estimate of drug-likeness (QED) is 0.922. The normalized spacial score (nSPS) is 27.8. The van der Waals surface area contributed by atoms with Crippen LogP contribution in [0.4, 0.5) is 0 Å². The Morgan fingerprint density at radius 2 is 2.10 bits per heavy atom. The van der Waals surface area contributed by atoms with Crippen LogP contribution in [0.5, 0.6) is 0 Å². The third-order valence-corrected chi connectivity index (χ3v) is 4.92. The van der Waals surface area contributed by atoms with Crippen molar-refractivity contribution >= 4 is 0 Å². The molecule has 1 N–H and O–H groups in total. The summed E-state index contributed by atoms with van der Waals surface area (Å²) >= 11 is 0. The highest BCUT2D eigenvalue weighted by Crippen LogP contribution is 2.28. The Hall–Kier alpha value is -0.870. The van der Waals surface area contributed by atoms with Crippen LogP contribution >= 0.6 is 0 Å². The van der Waals surface area contributed by atoms with Gasteiger partial charge < -0.3 is 14.6 Å². The summed E-state index contributed by atoms with van der Waals surface area (Å²) in [6.07, 6.45) is 7.23. The van der Waals surface area contributed by atoms with Crippen molar-refractivity contribution < 1.29 is 5.11 Å².